The number of nitrogens with one attached hydrogen (secondary N) is 1. The summed E-state index contributed by atoms with van der Waals surface area (Å²) in [4.78, 5) is 30.5. The largest absolute Gasteiger partial charge is 0.462 e. The number of rotatable bonds is 9. The Morgan fingerprint density at radius 1 is 1.05 bits per heavy atom. The third kappa shape index (κ3) is 6.12. The van der Waals surface area contributed by atoms with Gasteiger partial charge in [0.05, 0.1) is 17.9 Å². The van der Waals surface area contributed by atoms with Gasteiger partial charge in [0.15, 0.2) is 0 Å². The predicted molar refractivity (Wildman–Crippen MR) is 145 cm³/mol. The lowest BCUT2D eigenvalue weighted by atomic mass is 10.1. The van der Waals surface area contributed by atoms with E-state index in [1.807, 2.05) is 66.0 Å². The van der Waals surface area contributed by atoms with Gasteiger partial charge in [-0.05, 0) is 25.0 Å². The fourth-order valence-corrected chi connectivity index (χ4v) is 5.32. The molecule has 0 spiro atoms. The number of nitriles is 1. The normalized spacial score (nSPS) is 11.0. The molecule has 2 aromatic carbocycles. The minimum atomic E-state index is -0.562. The summed E-state index contributed by atoms with van der Waals surface area (Å²) in [6.45, 7) is 3.68. The van der Waals surface area contributed by atoms with Crippen molar-refractivity contribution in [2.24, 2.45) is 0 Å². The monoisotopic (exact) mass is 529 g/mol. The molecule has 0 fully saturated rings. The molecule has 0 aliphatic heterocycles. The van der Waals surface area contributed by atoms with Crippen LogP contribution in [0.25, 0.3) is 16.8 Å². The zero-order valence-electron chi connectivity index (χ0n) is 20.2. The summed E-state index contributed by atoms with van der Waals surface area (Å²) in [5, 5.41) is 15.6. The van der Waals surface area contributed by atoms with E-state index in [1.54, 1.807) is 13.8 Å². The summed E-state index contributed by atoms with van der Waals surface area (Å²) in [6, 6.07) is 21.2. The fourth-order valence-electron chi connectivity index (χ4n) is 3.47. The Labute approximate surface area is 222 Å². The molecule has 0 aliphatic carbocycles. The van der Waals surface area contributed by atoms with Gasteiger partial charge in [-0.3, -0.25) is 0 Å². The summed E-state index contributed by atoms with van der Waals surface area (Å²) in [5.74, 6) is -1.10. The Balaban J connectivity index is 1.59. The van der Waals surface area contributed by atoms with Crippen LogP contribution in [-0.4, -0.2) is 23.5 Å². The van der Waals surface area contributed by atoms with Crippen LogP contribution in [0, 0.1) is 18.3 Å². The third-order valence-corrected chi connectivity index (χ3v) is 7.38. The smallest absolute Gasteiger partial charge is 0.349 e. The quantitative estimate of drug-likeness (QED) is 0.190. The highest BCUT2D eigenvalue weighted by Gasteiger charge is 2.26. The van der Waals surface area contributed by atoms with Crippen LogP contribution in [0.5, 0.6) is 0 Å². The lowest BCUT2D eigenvalue weighted by Crippen LogP contribution is -2.09. The second kappa shape index (κ2) is 12.1. The highest BCUT2D eigenvalue weighted by atomic mass is 32.1. The van der Waals surface area contributed by atoms with E-state index in [-0.39, 0.29) is 23.7 Å². The van der Waals surface area contributed by atoms with Gasteiger partial charge in [-0.25, -0.2) is 14.6 Å². The molecule has 4 rings (SSSR count). The van der Waals surface area contributed by atoms with Gasteiger partial charge in [0, 0.05) is 17.1 Å². The maximum absolute atomic E-state index is 12.9. The minimum Gasteiger partial charge on any atom is -0.462 e. The molecule has 9 heteroatoms. The van der Waals surface area contributed by atoms with Crippen LogP contribution in [0.1, 0.15) is 43.1 Å². The van der Waals surface area contributed by atoms with Crippen molar-refractivity contribution in [1.82, 2.24) is 4.98 Å². The summed E-state index contributed by atoms with van der Waals surface area (Å²) < 4.78 is 10.7. The van der Waals surface area contributed by atoms with E-state index in [4.69, 9.17) is 9.47 Å². The average Bonchev–Trinajstić information content (AvgIpc) is 3.54. The van der Waals surface area contributed by atoms with Gasteiger partial charge < -0.3 is 14.8 Å². The number of allylic oxidation sites excluding steroid dienone is 1. The van der Waals surface area contributed by atoms with E-state index in [1.165, 1.54) is 17.5 Å². The molecule has 0 saturated heterocycles. The van der Waals surface area contributed by atoms with Gasteiger partial charge in [-0.1, -0.05) is 60.7 Å². The number of carbonyl (C=O) groups excluding carboxylic acids is 2. The Hall–Kier alpha value is -4.26. The second-order valence-electron chi connectivity index (χ2n) is 7.76. The number of anilines is 1. The average molecular weight is 530 g/mol. The number of nitrogens with zero attached hydrogens (tertiary/aromatic N) is 2. The van der Waals surface area contributed by atoms with E-state index in [0.717, 1.165) is 28.2 Å². The minimum absolute atomic E-state index is 0.112. The molecule has 37 heavy (non-hydrogen) atoms. The molecule has 4 aromatic rings. The first-order valence-electron chi connectivity index (χ1n) is 11.4. The van der Waals surface area contributed by atoms with Crippen molar-refractivity contribution in [3.63, 3.8) is 0 Å². The predicted octanol–water partition coefficient (Wildman–Crippen LogP) is 6.69. The molecular weight excluding hydrogens is 506 g/mol. The van der Waals surface area contributed by atoms with Gasteiger partial charge >= 0.3 is 11.9 Å². The zero-order valence-corrected chi connectivity index (χ0v) is 21.8. The first-order chi connectivity index (χ1) is 18.0. The number of aromatic nitrogens is 1. The SMILES string of the molecule is CCOC(=O)c1c(NC=C(C#N)c2nc(-c3ccccc3)cs2)sc(C(=O)OCc2ccccc2)c1C. The molecule has 1 N–H and O–H groups in total. The van der Waals surface area contributed by atoms with E-state index in [9.17, 15) is 14.9 Å². The van der Waals surface area contributed by atoms with Crippen molar-refractivity contribution in [3.05, 3.63) is 98.8 Å². The molecule has 0 saturated carbocycles. The van der Waals surface area contributed by atoms with Crippen molar-refractivity contribution in [3.8, 4) is 17.3 Å². The number of ether oxygens (including phenoxy) is 2. The Morgan fingerprint density at radius 2 is 1.76 bits per heavy atom. The number of thiazole rings is 1. The maximum atomic E-state index is 12.9. The zero-order chi connectivity index (χ0) is 26.2. The molecule has 2 heterocycles. The van der Waals surface area contributed by atoms with E-state index in [0.29, 0.717) is 21.1 Å². The lowest BCUT2D eigenvalue weighted by molar-refractivity contribution is 0.0478. The van der Waals surface area contributed by atoms with Gasteiger partial charge in [0.1, 0.15) is 33.1 Å². The van der Waals surface area contributed by atoms with Gasteiger partial charge in [0.25, 0.3) is 0 Å². The van der Waals surface area contributed by atoms with Crippen LogP contribution < -0.4 is 5.32 Å². The van der Waals surface area contributed by atoms with Gasteiger partial charge in [0.2, 0.25) is 0 Å². The molecule has 2 aromatic heterocycles. The molecule has 0 unspecified atom stereocenters. The maximum Gasteiger partial charge on any atom is 0.349 e. The Kier molecular flexibility index (Phi) is 8.46. The summed E-state index contributed by atoms with van der Waals surface area (Å²) in [6.07, 6.45) is 1.49. The van der Waals surface area contributed by atoms with Gasteiger partial charge in [-0.15, -0.1) is 22.7 Å². The summed E-state index contributed by atoms with van der Waals surface area (Å²) in [7, 11) is 0. The van der Waals surface area contributed by atoms with Crippen molar-refractivity contribution >= 4 is 45.2 Å². The standard InChI is InChI=1S/C28H23N3O4S2/c1-3-34-27(32)23-18(2)24(28(33)35-16-19-10-6-4-7-11-19)37-26(23)30-15-21(14-29)25-31-22(17-36-25)20-12-8-5-9-13-20/h4-13,15,17,30H,3,16H2,1-2H3. The number of esters is 2. The number of hydrogen-bond donors (Lipinski definition) is 1. The Morgan fingerprint density at radius 3 is 2.43 bits per heavy atom. The summed E-state index contributed by atoms with van der Waals surface area (Å²) in [5.41, 5.74) is 3.56. The van der Waals surface area contributed by atoms with Crippen molar-refractivity contribution in [2.45, 2.75) is 20.5 Å². The van der Waals surface area contributed by atoms with Gasteiger partial charge in [-0.2, -0.15) is 5.26 Å². The van der Waals surface area contributed by atoms with Crippen LogP contribution in [0.4, 0.5) is 5.00 Å². The molecule has 0 aliphatic rings. The molecule has 0 atom stereocenters. The van der Waals surface area contributed by atoms with E-state index < -0.39 is 11.9 Å². The van der Waals surface area contributed by atoms with Crippen molar-refractivity contribution < 1.29 is 19.1 Å². The van der Waals surface area contributed by atoms with Crippen LogP contribution in [0.15, 0.2) is 72.2 Å². The van der Waals surface area contributed by atoms with E-state index in [2.05, 4.69) is 16.4 Å². The molecule has 7 nitrogen and oxygen atoms in total. The van der Waals surface area contributed by atoms with E-state index >= 15 is 0 Å². The Bertz CT molecular complexity index is 1470. The second-order valence-corrected chi connectivity index (χ2v) is 9.64. The molecule has 0 amide bonds. The molecule has 0 bridgehead atoms. The number of hydrogen-bond acceptors (Lipinski definition) is 9. The highest BCUT2D eigenvalue weighted by Crippen LogP contribution is 2.35. The number of thiophene rings is 1. The highest BCUT2D eigenvalue weighted by molar-refractivity contribution is 7.18. The topological polar surface area (TPSA) is 101 Å². The van der Waals surface area contributed by atoms with Crippen LogP contribution >= 0.6 is 22.7 Å². The fraction of sp³-hybridized carbons (Fsp3) is 0.143. The van der Waals surface area contributed by atoms with Crippen molar-refractivity contribution in [1.29, 1.82) is 5.26 Å². The molecule has 186 valence electrons. The molecular formula is C28H23N3O4S2. The van der Waals surface area contributed by atoms with Crippen molar-refractivity contribution in [2.75, 3.05) is 11.9 Å². The van der Waals surface area contributed by atoms with Crippen LogP contribution in [-0.2, 0) is 16.1 Å². The first-order valence-corrected chi connectivity index (χ1v) is 13.1. The number of benzene rings is 2. The number of carbonyl (C=O) groups is 2. The third-order valence-electron chi connectivity index (χ3n) is 5.30. The van der Waals surface area contributed by atoms with Crippen LogP contribution in [0.3, 0.4) is 0 Å². The molecule has 0 radical (unpaired) electrons. The summed E-state index contributed by atoms with van der Waals surface area (Å²) >= 11 is 2.42. The lowest BCUT2D eigenvalue weighted by Gasteiger charge is -2.06. The van der Waals surface area contributed by atoms with Crippen LogP contribution in [0.2, 0.25) is 0 Å². The first kappa shape index (κ1) is 25.8.